The molecule has 2 heterocycles. The summed E-state index contributed by atoms with van der Waals surface area (Å²) in [6, 6.07) is -0.948. The summed E-state index contributed by atoms with van der Waals surface area (Å²) in [5.74, 6) is -0.256. The molecule has 2 aliphatic heterocycles. The van der Waals surface area contributed by atoms with E-state index in [4.69, 9.17) is 18.9 Å². The number of hydrogen-bond donors (Lipinski definition) is 9. The summed E-state index contributed by atoms with van der Waals surface area (Å²) in [6.45, 7) is 2.69. The van der Waals surface area contributed by atoms with Crippen LogP contribution in [0.2, 0.25) is 0 Å². The van der Waals surface area contributed by atoms with Crippen molar-refractivity contribution >= 4 is 5.91 Å². The van der Waals surface area contributed by atoms with Crippen molar-refractivity contribution in [1.82, 2.24) is 5.32 Å². The molecule has 564 valence electrons. The van der Waals surface area contributed by atoms with Crippen molar-refractivity contribution in [2.75, 3.05) is 19.8 Å². The quantitative estimate of drug-likeness (QED) is 0.0204. The molecule has 12 unspecified atom stereocenters. The monoisotopic (exact) mass is 1380 g/mol. The van der Waals surface area contributed by atoms with E-state index in [0.29, 0.717) is 12.8 Å². The molecular weight excluding hydrogens is 1230 g/mol. The second-order valence-electron chi connectivity index (χ2n) is 27.4. The van der Waals surface area contributed by atoms with Gasteiger partial charge in [-0.2, -0.15) is 0 Å². The van der Waals surface area contributed by atoms with E-state index in [1.807, 2.05) is 6.08 Å². The molecule has 14 nitrogen and oxygen atoms in total. The van der Waals surface area contributed by atoms with Crippen LogP contribution in [0.25, 0.3) is 0 Å². The smallest absolute Gasteiger partial charge is 0.220 e. The predicted octanol–water partition coefficient (Wildman–Crippen LogP) is 18.0. The SMILES string of the molecule is CC/C=C\C/C=C\C/C=C\C/C=C\C/C=C\C/C=C\C/C=C\CCCCCCCCCCCCCCCC(=O)NC(COC1OC(CO)C(OC2OC(CO)C(O)C(O)C2O)C(O)C1O)C(O)/C=C/CC/C=C/CC/C=C/CCCCCCCCCCCCCCCCCCCCC. The van der Waals surface area contributed by atoms with E-state index in [2.05, 4.69) is 129 Å². The van der Waals surface area contributed by atoms with E-state index >= 15 is 0 Å². The number of nitrogens with one attached hydrogen (secondary N) is 1. The molecule has 1 amide bonds. The van der Waals surface area contributed by atoms with E-state index in [1.54, 1.807) is 6.08 Å². The van der Waals surface area contributed by atoms with Gasteiger partial charge < -0.3 is 65.1 Å². The highest BCUT2D eigenvalue weighted by molar-refractivity contribution is 5.76. The average molecular weight is 1380 g/mol. The van der Waals surface area contributed by atoms with Gasteiger partial charge in [0, 0.05) is 6.42 Å². The first-order valence-corrected chi connectivity index (χ1v) is 39.8. The van der Waals surface area contributed by atoms with Crippen LogP contribution >= 0.6 is 0 Å². The molecule has 14 heteroatoms. The van der Waals surface area contributed by atoms with Gasteiger partial charge in [0.2, 0.25) is 5.91 Å². The minimum Gasteiger partial charge on any atom is -0.394 e. The highest BCUT2D eigenvalue weighted by Crippen LogP contribution is 2.30. The number of aliphatic hydroxyl groups is 8. The molecule has 0 radical (unpaired) electrons. The molecule has 2 rings (SSSR count). The maximum absolute atomic E-state index is 13.4. The standard InChI is InChI=1S/C84H145NO13/c1-3-5-7-9-11-13-15-17-19-21-23-25-27-29-31-33-34-35-36-37-38-40-42-44-46-48-50-52-54-56-58-60-62-64-66-68-76(89)85-72(71-95-83-81(94)79(92)82(75(70-87)97-83)98-84-80(93)78(91)77(90)74(69-86)96-84)73(88)67-65-63-61-59-57-55-53-51-49-47-45-43-41-39-32-30-28-26-24-22-20-18-16-14-12-10-8-6-4-2/h5,7,11,13,17,19,23,25,29,31,34-35,37-38,49,51,57,59,65,67,72-75,77-84,86-88,90-94H,3-4,6,8-10,12,14-16,18,20-22,24,26-28,30,32-33,36,39-48,50,52-56,58,60-64,66,68-71H2,1-2H3,(H,85,89)/b7-5-,13-11-,19-17-,25-23-,31-29-,35-34-,38-37-,51-49+,59-57+,67-65+. The number of amides is 1. The topological polar surface area (TPSA) is 228 Å². The highest BCUT2D eigenvalue weighted by atomic mass is 16.7. The van der Waals surface area contributed by atoms with Crippen LogP contribution in [0.1, 0.15) is 309 Å². The number of unbranched alkanes of at least 4 members (excludes halogenated alkanes) is 34. The molecule has 2 fully saturated rings. The summed E-state index contributed by atoms with van der Waals surface area (Å²) in [5, 5.41) is 87.6. The Kier molecular flexibility index (Phi) is 61.5. The Morgan fingerprint density at radius 2 is 0.714 bits per heavy atom. The Hall–Kier alpha value is -3.61. The van der Waals surface area contributed by atoms with Crippen LogP contribution in [0, 0.1) is 0 Å². The Morgan fingerprint density at radius 3 is 1.12 bits per heavy atom. The normalized spacial score (nSPS) is 22.7. The molecule has 0 bridgehead atoms. The summed E-state index contributed by atoms with van der Waals surface area (Å²) in [7, 11) is 0. The van der Waals surface area contributed by atoms with Gasteiger partial charge in [0.1, 0.15) is 48.8 Å². The fraction of sp³-hybridized carbons (Fsp3) is 0.750. The van der Waals surface area contributed by atoms with Crippen LogP contribution in [-0.4, -0.2) is 140 Å². The lowest BCUT2D eigenvalue weighted by atomic mass is 9.97. The molecule has 12 atom stereocenters. The fourth-order valence-corrected chi connectivity index (χ4v) is 12.4. The highest BCUT2D eigenvalue weighted by Gasteiger charge is 2.51. The number of carbonyl (C=O) groups is 1. The van der Waals surface area contributed by atoms with Crippen molar-refractivity contribution in [3.8, 4) is 0 Å². The van der Waals surface area contributed by atoms with Crippen LogP contribution < -0.4 is 5.32 Å². The van der Waals surface area contributed by atoms with Crippen LogP contribution in [0.15, 0.2) is 122 Å². The summed E-state index contributed by atoms with van der Waals surface area (Å²) in [4.78, 5) is 13.4. The summed E-state index contributed by atoms with van der Waals surface area (Å²) in [6.07, 6.45) is 81.3. The van der Waals surface area contributed by atoms with E-state index < -0.39 is 86.8 Å². The molecule has 0 aliphatic carbocycles. The van der Waals surface area contributed by atoms with Crippen molar-refractivity contribution in [1.29, 1.82) is 0 Å². The van der Waals surface area contributed by atoms with Crippen molar-refractivity contribution < 1.29 is 64.6 Å². The predicted molar refractivity (Wildman–Crippen MR) is 405 cm³/mol. The second-order valence-corrected chi connectivity index (χ2v) is 27.4. The van der Waals surface area contributed by atoms with E-state index in [9.17, 15) is 45.6 Å². The molecule has 0 aromatic rings. The number of aliphatic hydroxyl groups excluding tert-OH is 8. The van der Waals surface area contributed by atoms with Gasteiger partial charge in [0.15, 0.2) is 12.6 Å². The van der Waals surface area contributed by atoms with Crippen molar-refractivity contribution in [3.63, 3.8) is 0 Å². The van der Waals surface area contributed by atoms with Crippen LogP contribution in [0.4, 0.5) is 0 Å². The molecule has 0 saturated carbocycles. The summed E-state index contributed by atoms with van der Waals surface area (Å²) in [5.41, 5.74) is 0. The zero-order valence-corrected chi connectivity index (χ0v) is 61.7. The Bertz CT molecular complexity index is 2110. The lowest BCUT2D eigenvalue weighted by Crippen LogP contribution is -2.65. The molecular formula is C84H145NO13. The van der Waals surface area contributed by atoms with Crippen molar-refractivity contribution in [2.24, 2.45) is 0 Å². The van der Waals surface area contributed by atoms with Crippen molar-refractivity contribution in [2.45, 2.75) is 383 Å². The molecule has 9 N–H and O–H groups in total. The van der Waals surface area contributed by atoms with Gasteiger partial charge in [-0.25, -0.2) is 0 Å². The van der Waals surface area contributed by atoms with Gasteiger partial charge in [0.05, 0.1) is 32.0 Å². The molecule has 0 spiro atoms. The minimum absolute atomic E-state index is 0.256. The van der Waals surface area contributed by atoms with Gasteiger partial charge in [-0.05, 0) is 103 Å². The Balaban J connectivity index is 1.65. The third kappa shape index (κ3) is 49.1. The van der Waals surface area contributed by atoms with Crippen molar-refractivity contribution in [3.05, 3.63) is 122 Å². The third-order valence-corrected chi connectivity index (χ3v) is 18.6. The number of allylic oxidation sites excluding steroid dienone is 19. The number of carbonyl (C=O) groups excluding carboxylic acids is 1. The summed E-state index contributed by atoms with van der Waals surface area (Å²) < 4.78 is 22.9. The maximum atomic E-state index is 13.4. The second kappa shape index (κ2) is 66.6. The maximum Gasteiger partial charge on any atom is 0.220 e. The largest absolute Gasteiger partial charge is 0.394 e. The number of ether oxygens (including phenoxy) is 4. The van der Waals surface area contributed by atoms with E-state index in [1.165, 1.54) is 180 Å². The first-order valence-electron chi connectivity index (χ1n) is 39.8. The lowest BCUT2D eigenvalue weighted by Gasteiger charge is -2.46. The van der Waals surface area contributed by atoms with Gasteiger partial charge in [0.25, 0.3) is 0 Å². The molecule has 2 saturated heterocycles. The summed E-state index contributed by atoms with van der Waals surface area (Å²) >= 11 is 0. The minimum atomic E-state index is -1.80. The zero-order valence-electron chi connectivity index (χ0n) is 61.7. The Morgan fingerprint density at radius 1 is 0.378 bits per heavy atom. The van der Waals surface area contributed by atoms with Crippen LogP contribution in [-0.2, 0) is 23.7 Å². The third-order valence-electron chi connectivity index (χ3n) is 18.6. The van der Waals surface area contributed by atoms with Crippen LogP contribution in [0.3, 0.4) is 0 Å². The fourth-order valence-electron chi connectivity index (χ4n) is 12.4. The molecule has 0 aromatic carbocycles. The first-order chi connectivity index (χ1) is 48.1. The van der Waals surface area contributed by atoms with Gasteiger partial charge in [-0.15, -0.1) is 0 Å². The number of rotatable bonds is 65. The molecule has 98 heavy (non-hydrogen) atoms. The van der Waals surface area contributed by atoms with Gasteiger partial charge in [-0.1, -0.05) is 322 Å². The van der Waals surface area contributed by atoms with Gasteiger partial charge in [-0.3, -0.25) is 4.79 Å². The lowest BCUT2D eigenvalue weighted by molar-refractivity contribution is -0.359. The van der Waals surface area contributed by atoms with E-state index in [0.717, 1.165) is 96.3 Å². The van der Waals surface area contributed by atoms with Gasteiger partial charge >= 0.3 is 0 Å². The van der Waals surface area contributed by atoms with E-state index in [-0.39, 0.29) is 18.9 Å². The van der Waals surface area contributed by atoms with Crippen LogP contribution in [0.5, 0.6) is 0 Å². The Labute approximate surface area is 597 Å². The molecule has 2 aliphatic rings. The number of hydrogen-bond acceptors (Lipinski definition) is 13. The zero-order chi connectivity index (χ0) is 70.8. The molecule has 0 aromatic heterocycles. The average Bonchev–Trinajstić information content (AvgIpc) is 0.797. The first kappa shape index (κ1) is 90.5.